The zero-order valence-electron chi connectivity index (χ0n) is 16.1. The van der Waals surface area contributed by atoms with E-state index in [1.165, 1.54) is 0 Å². The molecule has 0 unspecified atom stereocenters. The third kappa shape index (κ3) is 17.2. The number of unbranched alkanes of at least 4 members (excludes halogenated alkanes) is 2. The quantitative estimate of drug-likeness (QED) is 0.268. The monoisotopic (exact) mass is 364 g/mol. The Morgan fingerprint density at radius 1 is 0.769 bits per heavy atom. The summed E-state index contributed by atoms with van der Waals surface area (Å²) in [6.45, 7) is 2.13. The highest BCUT2D eigenvalue weighted by Gasteiger charge is 2.14. The first-order valence-corrected chi connectivity index (χ1v) is 9.75. The van der Waals surface area contributed by atoms with Crippen LogP contribution in [0.3, 0.4) is 0 Å². The zero-order valence-corrected chi connectivity index (χ0v) is 16.1. The highest BCUT2D eigenvalue weighted by atomic mass is 16.4. The first-order valence-electron chi connectivity index (χ1n) is 9.75. The second-order valence-corrected chi connectivity index (χ2v) is 6.36. The lowest BCUT2D eigenvalue weighted by atomic mass is 10.0. The van der Waals surface area contributed by atoms with Crippen molar-refractivity contribution in [1.82, 2.24) is 0 Å². The maximum atomic E-state index is 10.4. The molecule has 0 fully saturated rings. The van der Waals surface area contributed by atoms with Gasteiger partial charge < -0.3 is 15.3 Å². The van der Waals surface area contributed by atoms with Crippen LogP contribution in [-0.2, 0) is 4.79 Å². The molecular formula is C22H36O4. The Morgan fingerprint density at radius 3 is 1.85 bits per heavy atom. The third-order valence-electron chi connectivity index (χ3n) is 3.93. The van der Waals surface area contributed by atoms with E-state index in [0.29, 0.717) is 19.3 Å². The fraction of sp³-hybridized carbons (Fsp3) is 0.591. The molecule has 3 N–H and O–H groups in total. The topological polar surface area (TPSA) is 77.8 Å². The van der Waals surface area contributed by atoms with Crippen molar-refractivity contribution >= 4 is 5.97 Å². The minimum absolute atomic E-state index is 0.167. The average Bonchev–Trinajstić information content (AvgIpc) is 2.61. The summed E-state index contributed by atoms with van der Waals surface area (Å²) in [6, 6.07) is 0. The van der Waals surface area contributed by atoms with Crippen molar-refractivity contribution in [3.8, 4) is 0 Å². The molecule has 0 aromatic carbocycles. The predicted molar refractivity (Wildman–Crippen MR) is 108 cm³/mol. The van der Waals surface area contributed by atoms with Crippen LogP contribution in [0.1, 0.15) is 71.1 Å². The van der Waals surface area contributed by atoms with Gasteiger partial charge in [-0.1, -0.05) is 68.4 Å². The van der Waals surface area contributed by atoms with Gasteiger partial charge in [0.1, 0.15) is 0 Å². The summed E-state index contributed by atoms with van der Waals surface area (Å²) in [6.07, 6.45) is 22.3. The van der Waals surface area contributed by atoms with Crippen LogP contribution in [0.25, 0.3) is 0 Å². The lowest BCUT2D eigenvalue weighted by Gasteiger charge is -2.15. The van der Waals surface area contributed by atoms with Gasteiger partial charge in [0.05, 0.1) is 12.2 Å². The Labute approximate surface area is 158 Å². The lowest BCUT2D eigenvalue weighted by Crippen LogP contribution is -2.25. The Hall–Kier alpha value is -1.65. The molecule has 0 aliphatic rings. The summed E-state index contributed by atoms with van der Waals surface area (Å²) in [4.78, 5) is 10.4. The van der Waals surface area contributed by atoms with Crippen LogP contribution in [0.2, 0.25) is 0 Å². The molecule has 0 saturated heterocycles. The van der Waals surface area contributed by atoms with Gasteiger partial charge in [-0.3, -0.25) is 4.79 Å². The van der Waals surface area contributed by atoms with E-state index in [9.17, 15) is 15.0 Å². The van der Waals surface area contributed by atoms with Crippen molar-refractivity contribution in [2.75, 3.05) is 0 Å². The summed E-state index contributed by atoms with van der Waals surface area (Å²) in [5, 5.41) is 28.3. The summed E-state index contributed by atoms with van der Waals surface area (Å²) in [5.41, 5.74) is 0. The Bertz CT molecular complexity index is 449. The minimum Gasteiger partial charge on any atom is -0.481 e. The van der Waals surface area contributed by atoms with Crippen LogP contribution >= 0.6 is 0 Å². The van der Waals surface area contributed by atoms with Crippen molar-refractivity contribution in [3.05, 3.63) is 48.6 Å². The van der Waals surface area contributed by atoms with Crippen LogP contribution in [0.15, 0.2) is 48.6 Å². The van der Waals surface area contributed by atoms with Gasteiger partial charge in [0.2, 0.25) is 0 Å². The second kappa shape index (κ2) is 18.2. The van der Waals surface area contributed by atoms with Gasteiger partial charge in [-0.25, -0.2) is 0 Å². The van der Waals surface area contributed by atoms with E-state index in [4.69, 9.17) is 5.11 Å². The first-order chi connectivity index (χ1) is 12.6. The number of carboxylic acids is 1. The van der Waals surface area contributed by atoms with E-state index in [-0.39, 0.29) is 6.42 Å². The average molecular weight is 365 g/mol. The molecule has 0 radical (unpaired) electrons. The molecule has 0 rings (SSSR count). The predicted octanol–water partition coefficient (Wildman–Crippen LogP) is 4.94. The third-order valence-corrected chi connectivity index (χ3v) is 3.93. The highest BCUT2D eigenvalue weighted by molar-refractivity contribution is 5.66. The van der Waals surface area contributed by atoms with Gasteiger partial charge in [0.25, 0.3) is 0 Å². The van der Waals surface area contributed by atoms with Crippen molar-refractivity contribution in [2.45, 2.75) is 83.3 Å². The van der Waals surface area contributed by atoms with E-state index in [1.807, 2.05) is 12.2 Å². The summed E-state index contributed by atoms with van der Waals surface area (Å²) in [5.74, 6) is -0.787. The smallest absolute Gasteiger partial charge is 0.303 e. The van der Waals surface area contributed by atoms with Crippen molar-refractivity contribution in [1.29, 1.82) is 0 Å². The fourth-order valence-electron chi connectivity index (χ4n) is 2.37. The number of rotatable bonds is 16. The van der Waals surface area contributed by atoms with Crippen LogP contribution in [-0.4, -0.2) is 33.5 Å². The number of allylic oxidation sites excluding steroid dienone is 7. The Morgan fingerprint density at radius 2 is 1.31 bits per heavy atom. The lowest BCUT2D eigenvalue weighted by molar-refractivity contribution is -0.137. The molecule has 0 aromatic heterocycles. The van der Waals surface area contributed by atoms with Gasteiger partial charge in [-0.15, -0.1) is 0 Å². The normalized spacial score (nSPS) is 14.9. The number of aliphatic carboxylic acids is 1. The summed E-state index contributed by atoms with van der Waals surface area (Å²) >= 11 is 0. The van der Waals surface area contributed by atoms with Crippen LogP contribution in [0.4, 0.5) is 0 Å². The first kappa shape index (κ1) is 24.4. The number of carbonyl (C=O) groups is 1. The molecule has 0 spiro atoms. The minimum atomic E-state index is -0.787. The molecule has 0 heterocycles. The van der Waals surface area contributed by atoms with Crippen LogP contribution in [0, 0.1) is 0 Å². The molecule has 0 amide bonds. The van der Waals surface area contributed by atoms with E-state index >= 15 is 0 Å². The second-order valence-electron chi connectivity index (χ2n) is 6.36. The molecule has 0 saturated carbocycles. The Kier molecular flexibility index (Phi) is 17.0. The molecule has 0 aliphatic heterocycles. The number of aliphatic hydroxyl groups is 2. The van der Waals surface area contributed by atoms with Gasteiger partial charge in [-0.2, -0.15) is 0 Å². The maximum Gasteiger partial charge on any atom is 0.303 e. The highest BCUT2D eigenvalue weighted by Crippen LogP contribution is 2.11. The van der Waals surface area contributed by atoms with Crippen LogP contribution in [0.5, 0.6) is 0 Å². The van der Waals surface area contributed by atoms with E-state index in [2.05, 4.69) is 43.4 Å². The Balaban J connectivity index is 3.68. The van der Waals surface area contributed by atoms with Gasteiger partial charge in [0, 0.05) is 6.42 Å². The van der Waals surface area contributed by atoms with E-state index < -0.39 is 18.2 Å². The molecule has 2 atom stereocenters. The van der Waals surface area contributed by atoms with E-state index in [1.54, 1.807) is 0 Å². The van der Waals surface area contributed by atoms with Crippen molar-refractivity contribution < 1.29 is 20.1 Å². The van der Waals surface area contributed by atoms with Crippen molar-refractivity contribution in [2.24, 2.45) is 0 Å². The van der Waals surface area contributed by atoms with Crippen molar-refractivity contribution in [3.63, 3.8) is 0 Å². The van der Waals surface area contributed by atoms with Gasteiger partial charge >= 0.3 is 5.97 Å². The number of hydrogen-bond donors (Lipinski definition) is 3. The fourth-order valence-corrected chi connectivity index (χ4v) is 2.37. The molecular weight excluding hydrogens is 328 g/mol. The SMILES string of the molecule is CC/C=C\C/C=C\C/C=C\C/C=C\C[C@@H](O)[C@H](O)CCCCCC(=O)O. The molecule has 148 valence electrons. The largest absolute Gasteiger partial charge is 0.481 e. The van der Waals surface area contributed by atoms with E-state index in [0.717, 1.165) is 38.5 Å². The standard InChI is InChI=1S/C22H36O4/c1-2-3-4-5-6-7-8-9-10-11-12-14-17-20(23)21(24)18-15-13-16-19-22(25)26/h3-4,6-7,9-10,12,14,20-21,23-24H,2,5,8,11,13,15-19H2,1H3,(H,25,26)/b4-3-,7-6-,10-9-,14-12-/t20-,21-/m1/s1. The molecule has 4 heteroatoms. The van der Waals surface area contributed by atoms with Crippen LogP contribution < -0.4 is 0 Å². The zero-order chi connectivity index (χ0) is 19.5. The number of aliphatic hydroxyl groups excluding tert-OH is 2. The van der Waals surface area contributed by atoms with Gasteiger partial charge in [0.15, 0.2) is 0 Å². The number of carboxylic acid groups (broad SMARTS) is 1. The van der Waals surface area contributed by atoms with Gasteiger partial charge in [-0.05, 0) is 44.9 Å². The summed E-state index contributed by atoms with van der Waals surface area (Å²) < 4.78 is 0. The number of hydrogen-bond acceptors (Lipinski definition) is 3. The summed E-state index contributed by atoms with van der Waals surface area (Å²) in [7, 11) is 0. The maximum absolute atomic E-state index is 10.4. The molecule has 26 heavy (non-hydrogen) atoms. The molecule has 0 aromatic rings. The molecule has 4 nitrogen and oxygen atoms in total. The molecule has 0 bridgehead atoms. The molecule has 0 aliphatic carbocycles.